The number of rotatable bonds is 10. The van der Waals surface area contributed by atoms with Gasteiger partial charge in [-0.15, -0.1) is 0 Å². The average molecular weight is 792 g/mol. The molecule has 1 aliphatic carbocycles. The van der Waals surface area contributed by atoms with E-state index in [-0.39, 0.29) is 44.2 Å². The zero-order chi connectivity index (χ0) is 37.5. The van der Waals surface area contributed by atoms with E-state index in [9.17, 15) is 19.5 Å². The molecule has 1 aromatic heterocycles. The molecule has 6 rings (SSSR count). The highest BCUT2D eigenvalue weighted by atomic mass is 35.5. The highest BCUT2D eigenvalue weighted by Crippen LogP contribution is 2.44. The summed E-state index contributed by atoms with van der Waals surface area (Å²) in [5.41, 5.74) is 2.58. The van der Waals surface area contributed by atoms with Crippen molar-refractivity contribution in [3.05, 3.63) is 78.7 Å². The minimum atomic E-state index is -1.17. The van der Waals surface area contributed by atoms with Crippen LogP contribution in [0.15, 0.2) is 42.1 Å². The quantitative estimate of drug-likeness (QED) is 0.197. The number of carboxylic acid groups (broad SMARTS) is 1. The Morgan fingerprint density at radius 3 is 2.38 bits per heavy atom. The van der Waals surface area contributed by atoms with Crippen LogP contribution < -0.4 is 14.8 Å². The van der Waals surface area contributed by atoms with Crippen molar-refractivity contribution in [3.63, 3.8) is 0 Å². The van der Waals surface area contributed by atoms with E-state index in [0.29, 0.717) is 42.9 Å². The normalized spacial score (nSPS) is 19.3. The molecule has 3 aromatic rings. The van der Waals surface area contributed by atoms with Crippen LogP contribution in [-0.4, -0.2) is 87.5 Å². The van der Waals surface area contributed by atoms with Crippen molar-refractivity contribution in [2.24, 2.45) is 0 Å². The van der Waals surface area contributed by atoms with Gasteiger partial charge in [0.25, 0.3) is 5.19 Å². The van der Waals surface area contributed by atoms with Gasteiger partial charge in [-0.1, -0.05) is 58.3 Å². The van der Waals surface area contributed by atoms with E-state index in [1.54, 1.807) is 39.1 Å². The Hall–Kier alpha value is -3.71. The predicted molar refractivity (Wildman–Crippen MR) is 201 cm³/mol. The number of carbonyl (C=O) groups is 3. The van der Waals surface area contributed by atoms with Crippen LogP contribution in [0, 0.1) is 13.8 Å². The molecular formula is C37H41Cl3N4O7S. The van der Waals surface area contributed by atoms with E-state index >= 15 is 0 Å². The van der Waals surface area contributed by atoms with Crippen LogP contribution in [0.3, 0.4) is 0 Å². The third kappa shape index (κ3) is 8.40. The monoisotopic (exact) mass is 790 g/mol. The van der Waals surface area contributed by atoms with Crippen molar-refractivity contribution in [1.82, 2.24) is 20.1 Å². The van der Waals surface area contributed by atoms with Gasteiger partial charge in [0, 0.05) is 35.4 Å². The Morgan fingerprint density at radius 2 is 1.73 bits per heavy atom. The third-order valence-electron chi connectivity index (χ3n) is 9.39. The number of carbonyl (C=O) groups excluding carboxylic acids is 2. The summed E-state index contributed by atoms with van der Waals surface area (Å²) in [4.78, 5) is 48.5. The fraction of sp³-hybridized carbons (Fsp3) is 0.459. The summed E-state index contributed by atoms with van der Waals surface area (Å²) in [6.07, 6.45) is 2.18. The van der Waals surface area contributed by atoms with Crippen LogP contribution in [0.2, 0.25) is 15.1 Å². The largest absolute Gasteiger partial charge is 0.487 e. The second kappa shape index (κ2) is 15.0. The number of aromatic nitrogens is 1. The highest BCUT2D eigenvalue weighted by molar-refractivity contribution is 7.14. The van der Waals surface area contributed by atoms with Gasteiger partial charge in [-0.25, -0.2) is 14.6 Å². The van der Waals surface area contributed by atoms with Crippen LogP contribution in [0.25, 0.3) is 5.57 Å². The number of nitrogens with one attached hydrogen (secondary N) is 1. The molecule has 2 atom stereocenters. The number of nitrogens with zero attached hydrogens (tertiary/aromatic N) is 3. The lowest BCUT2D eigenvalue weighted by molar-refractivity contribution is -0.119. The van der Waals surface area contributed by atoms with E-state index in [1.807, 2.05) is 32.0 Å². The first kappa shape index (κ1) is 38.0. The minimum Gasteiger partial charge on any atom is -0.487 e. The van der Waals surface area contributed by atoms with E-state index in [2.05, 4.69) is 10.3 Å². The van der Waals surface area contributed by atoms with Gasteiger partial charge in [-0.05, 0) is 101 Å². The Bertz CT molecular complexity index is 1900. The van der Waals surface area contributed by atoms with Crippen molar-refractivity contribution in [2.75, 3.05) is 26.3 Å². The molecule has 1 unspecified atom stereocenters. The number of benzene rings is 2. The van der Waals surface area contributed by atoms with Crippen LogP contribution in [-0.2, 0) is 16.0 Å². The van der Waals surface area contributed by atoms with Crippen molar-refractivity contribution in [3.8, 4) is 10.9 Å². The van der Waals surface area contributed by atoms with E-state index in [4.69, 9.17) is 49.0 Å². The first-order valence-electron chi connectivity index (χ1n) is 17.0. The molecule has 15 heteroatoms. The maximum Gasteiger partial charge on any atom is 0.410 e. The maximum atomic E-state index is 14.5. The topological polar surface area (TPSA) is 131 Å². The number of amides is 3. The number of halogens is 3. The molecule has 1 saturated carbocycles. The summed E-state index contributed by atoms with van der Waals surface area (Å²) in [6, 6.07) is 7.69. The first-order chi connectivity index (χ1) is 24.5. The summed E-state index contributed by atoms with van der Waals surface area (Å²) in [6.45, 7) is 9.52. The lowest BCUT2D eigenvalue weighted by Gasteiger charge is -2.49. The zero-order valence-corrected chi connectivity index (χ0v) is 32.6. The van der Waals surface area contributed by atoms with Gasteiger partial charge in [-0.2, -0.15) is 0 Å². The van der Waals surface area contributed by atoms with Crippen LogP contribution in [0.4, 0.5) is 9.59 Å². The highest BCUT2D eigenvalue weighted by Gasteiger charge is 2.51. The number of thiazole rings is 1. The van der Waals surface area contributed by atoms with Gasteiger partial charge in [-0.3, -0.25) is 9.69 Å². The minimum absolute atomic E-state index is 0.0476. The van der Waals surface area contributed by atoms with Gasteiger partial charge in [0.15, 0.2) is 5.75 Å². The summed E-state index contributed by atoms with van der Waals surface area (Å²) < 4.78 is 17.4. The summed E-state index contributed by atoms with van der Waals surface area (Å²) in [7, 11) is 0. The Labute approximate surface area is 321 Å². The van der Waals surface area contributed by atoms with Crippen molar-refractivity contribution < 1.29 is 33.7 Å². The number of aryl methyl sites for hydroxylation is 1. The van der Waals surface area contributed by atoms with Gasteiger partial charge < -0.3 is 29.5 Å². The number of piperazine rings is 1. The molecular weight excluding hydrogens is 751 g/mol. The number of hydrogen-bond acceptors (Lipinski definition) is 8. The second-order valence-corrected chi connectivity index (χ2v) is 16.7. The molecule has 0 radical (unpaired) electrons. The molecule has 2 bridgehead atoms. The van der Waals surface area contributed by atoms with E-state index in [1.165, 1.54) is 21.1 Å². The Morgan fingerprint density at radius 1 is 1.04 bits per heavy atom. The summed E-state index contributed by atoms with van der Waals surface area (Å²) in [5, 5.41) is 15.5. The molecule has 3 heterocycles. The molecule has 0 spiro atoms. The van der Waals surface area contributed by atoms with Crippen molar-refractivity contribution >= 4 is 69.8 Å². The number of fused-ring (bicyclic) bond motifs is 2. The molecule has 2 fully saturated rings. The molecule has 2 aliphatic heterocycles. The average Bonchev–Trinajstić information content (AvgIpc) is 3.62. The van der Waals surface area contributed by atoms with Crippen molar-refractivity contribution in [1.29, 1.82) is 0 Å². The molecule has 3 aliphatic rings. The van der Waals surface area contributed by atoms with E-state index < -0.39 is 35.4 Å². The van der Waals surface area contributed by atoms with Crippen LogP contribution in [0.5, 0.6) is 10.9 Å². The maximum absolute atomic E-state index is 14.5. The van der Waals surface area contributed by atoms with Gasteiger partial charge in [0.05, 0.1) is 27.0 Å². The van der Waals surface area contributed by atoms with Gasteiger partial charge in [0.1, 0.15) is 18.8 Å². The smallest absolute Gasteiger partial charge is 0.410 e. The zero-order valence-electron chi connectivity index (χ0n) is 29.6. The second-order valence-electron chi connectivity index (χ2n) is 14.5. The van der Waals surface area contributed by atoms with Crippen LogP contribution in [0.1, 0.15) is 61.6 Å². The van der Waals surface area contributed by atoms with Gasteiger partial charge >= 0.3 is 12.2 Å². The van der Waals surface area contributed by atoms with Gasteiger partial charge in [0.2, 0.25) is 5.91 Å². The molecule has 2 N–H and O–H groups in total. The fourth-order valence-electron chi connectivity index (χ4n) is 6.77. The lowest BCUT2D eigenvalue weighted by Crippen LogP contribution is -2.65. The SMILES string of the molecule is Cc1cc(Cl)c(OCCOc2ncc(C3=C(C(=O)NC4(Cc5cccc(Cl)c5C)CC4)[C@H]4CN(C(=O)OC(C)(C)C)CC(C3)N4C(=O)O)s2)c(Cl)c1. The summed E-state index contributed by atoms with van der Waals surface area (Å²) in [5.74, 6) is -0.0154. The van der Waals surface area contributed by atoms with Crippen LogP contribution >= 0.6 is 46.1 Å². The molecule has 2 aromatic carbocycles. The first-order valence-corrected chi connectivity index (χ1v) is 19.0. The van der Waals surface area contributed by atoms with E-state index in [0.717, 1.165) is 29.5 Å². The fourth-order valence-corrected chi connectivity index (χ4v) is 8.53. The predicted octanol–water partition coefficient (Wildman–Crippen LogP) is 8.19. The Balaban J connectivity index is 1.28. The summed E-state index contributed by atoms with van der Waals surface area (Å²) >= 11 is 20.3. The number of hydrogen-bond donors (Lipinski definition) is 2. The molecule has 52 heavy (non-hydrogen) atoms. The van der Waals surface area contributed by atoms with Crippen molar-refractivity contribution in [2.45, 2.75) is 83.5 Å². The molecule has 11 nitrogen and oxygen atoms in total. The molecule has 278 valence electrons. The standard InChI is InChI=1S/C37H41Cl3N4O7S/c1-20-13-26(39)31(27(40)14-20)49-11-12-50-33-41-17-29(52-33)24-15-23-18-43(35(48)51-36(3,4)5)19-28(44(23)34(46)47)30(24)32(45)42-37(9-10-37)16-22-7-6-8-25(38)21(22)2/h6-8,13-14,17,23,28H,9-12,15-16,18-19H2,1-5H3,(H,42,45)(H,46,47)/t23?,28-/m1/s1. The molecule has 3 amide bonds. The third-order valence-corrected chi connectivity index (χ3v) is 11.3. The molecule has 1 saturated heterocycles. The number of ether oxygens (including phenoxy) is 3. The Kier molecular flexibility index (Phi) is 10.9. The lowest BCUT2D eigenvalue weighted by atomic mass is 9.84.